The van der Waals surface area contributed by atoms with Gasteiger partial charge in [0.2, 0.25) is 0 Å². The van der Waals surface area contributed by atoms with E-state index in [-0.39, 0.29) is 24.0 Å². The van der Waals surface area contributed by atoms with Crippen molar-refractivity contribution in [2.45, 2.75) is 26.3 Å². The van der Waals surface area contributed by atoms with E-state index in [1.165, 1.54) is 11.1 Å². The first-order valence-electron chi connectivity index (χ1n) is 8.82. The van der Waals surface area contributed by atoms with Crippen molar-refractivity contribution < 1.29 is 9.47 Å². The molecule has 0 radical (unpaired) electrons. The molecule has 0 bridgehead atoms. The number of nitrogens with zero attached hydrogens (tertiary/aromatic N) is 2. The van der Waals surface area contributed by atoms with Crippen molar-refractivity contribution in [2.24, 2.45) is 10.9 Å². The highest BCUT2D eigenvalue weighted by atomic mass is 127. The monoisotopic (exact) mass is 461 g/mol. The summed E-state index contributed by atoms with van der Waals surface area (Å²) in [6, 6.07) is 8.47. The highest BCUT2D eigenvalue weighted by molar-refractivity contribution is 14.0. The molecule has 0 spiro atoms. The van der Waals surface area contributed by atoms with Crippen LogP contribution >= 0.6 is 24.0 Å². The SMILES string of the molecule is CN=C(NCCCOCC1CCOC1)N(C)Cc1ccccc1C.I. The smallest absolute Gasteiger partial charge is 0.193 e. The molecule has 1 N–H and O–H groups in total. The van der Waals surface area contributed by atoms with Gasteiger partial charge in [0.05, 0.1) is 13.2 Å². The van der Waals surface area contributed by atoms with Crippen LogP contribution in [0.5, 0.6) is 0 Å². The zero-order valence-electron chi connectivity index (χ0n) is 15.7. The fourth-order valence-electron chi connectivity index (χ4n) is 2.84. The van der Waals surface area contributed by atoms with Gasteiger partial charge in [0.15, 0.2) is 5.96 Å². The Bertz CT molecular complexity index is 519. The van der Waals surface area contributed by atoms with Gasteiger partial charge in [0.1, 0.15) is 0 Å². The number of rotatable bonds is 8. The van der Waals surface area contributed by atoms with Crippen LogP contribution in [0.25, 0.3) is 0 Å². The molecule has 1 aliphatic rings. The molecule has 1 unspecified atom stereocenters. The van der Waals surface area contributed by atoms with Crippen LogP contribution in [0.3, 0.4) is 0 Å². The third kappa shape index (κ3) is 7.92. The van der Waals surface area contributed by atoms with Crippen LogP contribution in [0.1, 0.15) is 24.0 Å². The lowest BCUT2D eigenvalue weighted by molar-refractivity contribution is 0.0887. The summed E-state index contributed by atoms with van der Waals surface area (Å²) < 4.78 is 11.1. The number of halogens is 1. The molecule has 1 heterocycles. The maximum absolute atomic E-state index is 5.73. The molecule has 1 aromatic rings. The molecule has 1 aliphatic heterocycles. The highest BCUT2D eigenvalue weighted by Crippen LogP contribution is 2.12. The Hall–Kier alpha value is -0.860. The van der Waals surface area contributed by atoms with Crippen molar-refractivity contribution in [3.63, 3.8) is 0 Å². The number of ether oxygens (including phenoxy) is 2. The van der Waals surface area contributed by atoms with E-state index in [0.29, 0.717) is 5.92 Å². The molecular formula is C19H32IN3O2. The van der Waals surface area contributed by atoms with Gasteiger partial charge in [-0.2, -0.15) is 0 Å². The molecule has 0 aliphatic carbocycles. The van der Waals surface area contributed by atoms with Gasteiger partial charge < -0.3 is 19.7 Å². The summed E-state index contributed by atoms with van der Waals surface area (Å²) in [4.78, 5) is 6.52. The fourth-order valence-corrected chi connectivity index (χ4v) is 2.84. The summed E-state index contributed by atoms with van der Waals surface area (Å²) in [6.07, 6.45) is 2.11. The van der Waals surface area contributed by atoms with Crippen molar-refractivity contribution in [1.29, 1.82) is 0 Å². The second-order valence-electron chi connectivity index (χ2n) is 6.41. The predicted octanol–water partition coefficient (Wildman–Crippen LogP) is 3.06. The van der Waals surface area contributed by atoms with Crippen LogP contribution in [0.2, 0.25) is 0 Å². The Labute approximate surface area is 169 Å². The number of hydrogen-bond acceptors (Lipinski definition) is 3. The lowest BCUT2D eigenvalue weighted by Gasteiger charge is -2.23. The molecule has 0 saturated carbocycles. The molecule has 142 valence electrons. The number of aliphatic imine (C=N–C) groups is 1. The Morgan fingerprint density at radius 2 is 2.20 bits per heavy atom. The van der Waals surface area contributed by atoms with Crippen LogP contribution in [-0.4, -0.2) is 57.9 Å². The number of guanidine groups is 1. The first-order chi connectivity index (χ1) is 11.7. The van der Waals surface area contributed by atoms with Gasteiger partial charge in [-0.15, -0.1) is 24.0 Å². The van der Waals surface area contributed by atoms with Crippen LogP contribution < -0.4 is 5.32 Å². The van der Waals surface area contributed by atoms with Gasteiger partial charge in [-0.3, -0.25) is 4.99 Å². The van der Waals surface area contributed by atoms with E-state index in [1.54, 1.807) is 0 Å². The third-order valence-corrected chi connectivity index (χ3v) is 4.37. The molecule has 0 amide bonds. The van der Waals surface area contributed by atoms with Gasteiger partial charge in [-0.1, -0.05) is 24.3 Å². The number of hydrogen-bond donors (Lipinski definition) is 1. The summed E-state index contributed by atoms with van der Waals surface area (Å²) in [5, 5.41) is 3.41. The van der Waals surface area contributed by atoms with E-state index < -0.39 is 0 Å². The zero-order chi connectivity index (χ0) is 17.2. The van der Waals surface area contributed by atoms with Crippen molar-refractivity contribution in [2.75, 3.05) is 47.1 Å². The number of nitrogens with one attached hydrogen (secondary N) is 1. The van der Waals surface area contributed by atoms with Crippen LogP contribution in [0.15, 0.2) is 29.3 Å². The quantitative estimate of drug-likeness (QED) is 0.280. The van der Waals surface area contributed by atoms with Gasteiger partial charge >= 0.3 is 0 Å². The van der Waals surface area contributed by atoms with E-state index in [1.807, 2.05) is 7.05 Å². The van der Waals surface area contributed by atoms with Crippen molar-refractivity contribution in [3.8, 4) is 0 Å². The summed E-state index contributed by atoms with van der Waals surface area (Å²) in [6.45, 7) is 7.21. The van der Waals surface area contributed by atoms with E-state index >= 15 is 0 Å². The van der Waals surface area contributed by atoms with E-state index in [4.69, 9.17) is 9.47 Å². The maximum atomic E-state index is 5.73. The molecule has 0 aromatic heterocycles. The minimum atomic E-state index is 0. The van der Waals surface area contributed by atoms with E-state index in [9.17, 15) is 0 Å². The Morgan fingerprint density at radius 3 is 2.88 bits per heavy atom. The summed E-state index contributed by atoms with van der Waals surface area (Å²) in [5.41, 5.74) is 2.63. The van der Waals surface area contributed by atoms with Gasteiger partial charge in [-0.25, -0.2) is 0 Å². The van der Waals surface area contributed by atoms with E-state index in [2.05, 4.69) is 53.4 Å². The standard InChI is InChI=1S/C19H31N3O2.HI/c1-16-7-4-5-8-18(16)13-22(3)19(20-2)21-10-6-11-23-14-17-9-12-24-15-17;/h4-5,7-8,17H,6,9-15H2,1-3H3,(H,20,21);1H. The molecule has 1 saturated heterocycles. The van der Waals surface area contributed by atoms with Gasteiger partial charge in [0, 0.05) is 46.3 Å². The Kier molecular flexibility index (Phi) is 11.1. The van der Waals surface area contributed by atoms with Crippen molar-refractivity contribution in [1.82, 2.24) is 10.2 Å². The lowest BCUT2D eigenvalue weighted by Crippen LogP contribution is -2.39. The third-order valence-electron chi connectivity index (χ3n) is 4.37. The number of benzene rings is 1. The Balaban J connectivity index is 0.00000312. The normalized spacial score (nSPS) is 17.2. The highest BCUT2D eigenvalue weighted by Gasteiger charge is 2.15. The molecule has 25 heavy (non-hydrogen) atoms. The van der Waals surface area contributed by atoms with Crippen LogP contribution in [0, 0.1) is 12.8 Å². The molecule has 5 nitrogen and oxygen atoms in total. The zero-order valence-corrected chi connectivity index (χ0v) is 18.0. The maximum Gasteiger partial charge on any atom is 0.193 e. The van der Waals surface area contributed by atoms with Crippen LogP contribution in [0.4, 0.5) is 0 Å². The second-order valence-corrected chi connectivity index (χ2v) is 6.41. The topological polar surface area (TPSA) is 46.1 Å². The summed E-state index contributed by atoms with van der Waals surface area (Å²) >= 11 is 0. The van der Waals surface area contributed by atoms with E-state index in [0.717, 1.165) is 58.3 Å². The van der Waals surface area contributed by atoms with Crippen molar-refractivity contribution in [3.05, 3.63) is 35.4 Å². The van der Waals surface area contributed by atoms with Gasteiger partial charge in [-0.05, 0) is 30.9 Å². The Morgan fingerprint density at radius 1 is 1.40 bits per heavy atom. The second kappa shape index (κ2) is 12.5. The first kappa shape index (κ1) is 22.2. The predicted molar refractivity (Wildman–Crippen MR) is 114 cm³/mol. The first-order valence-corrected chi connectivity index (χ1v) is 8.82. The molecule has 6 heteroatoms. The molecule has 1 aromatic carbocycles. The molecule has 2 rings (SSSR count). The molecular weight excluding hydrogens is 429 g/mol. The minimum Gasteiger partial charge on any atom is -0.381 e. The minimum absolute atomic E-state index is 0. The molecule has 1 fully saturated rings. The lowest BCUT2D eigenvalue weighted by atomic mass is 10.1. The fraction of sp³-hybridized carbons (Fsp3) is 0.632. The van der Waals surface area contributed by atoms with Gasteiger partial charge in [0.25, 0.3) is 0 Å². The number of aryl methyl sites for hydroxylation is 1. The average Bonchev–Trinajstić information content (AvgIpc) is 3.09. The van der Waals surface area contributed by atoms with Crippen LogP contribution in [-0.2, 0) is 16.0 Å². The molecule has 1 atom stereocenters. The summed E-state index contributed by atoms with van der Waals surface area (Å²) in [7, 11) is 3.89. The average molecular weight is 461 g/mol. The largest absolute Gasteiger partial charge is 0.381 e. The summed E-state index contributed by atoms with van der Waals surface area (Å²) in [5.74, 6) is 1.51. The van der Waals surface area contributed by atoms with Crippen molar-refractivity contribution >= 4 is 29.9 Å².